The zero-order chi connectivity index (χ0) is 19.8. The molecule has 28 heavy (non-hydrogen) atoms. The fourth-order valence-electron chi connectivity index (χ4n) is 2.59. The third kappa shape index (κ3) is 5.23. The molecule has 144 valence electrons. The van der Waals surface area contributed by atoms with Crippen molar-refractivity contribution in [1.82, 2.24) is 10.3 Å². The zero-order valence-electron chi connectivity index (χ0n) is 15.9. The first-order chi connectivity index (χ1) is 13.7. The smallest absolute Gasteiger partial charge is 0.270 e. The number of nitrogens with zero attached hydrogens (tertiary/aromatic N) is 1. The maximum absolute atomic E-state index is 12.3. The molecule has 0 saturated carbocycles. The van der Waals surface area contributed by atoms with Crippen LogP contribution in [0.15, 0.2) is 66.9 Å². The second-order valence-electron chi connectivity index (χ2n) is 6.05. The minimum atomic E-state index is -0.219. The van der Waals surface area contributed by atoms with E-state index in [1.54, 1.807) is 19.4 Å². The summed E-state index contributed by atoms with van der Waals surface area (Å²) in [6.07, 6.45) is 1.64. The van der Waals surface area contributed by atoms with Gasteiger partial charge in [0.1, 0.15) is 17.2 Å². The topological polar surface area (TPSA) is 72.5 Å². The number of nitrogens with one attached hydrogen (secondary N) is 2. The van der Waals surface area contributed by atoms with Gasteiger partial charge in [0, 0.05) is 12.2 Å². The van der Waals surface area contributed by atoms with Gasteiger partial charge in [-0.25, -0.2) is 4.98 Å². The summed E-state index contributed by atoms with van der Waals surface area (Å²) in [5.74, 6) is 1.39. The summed E-state index contributed by atoms with van der Waals surface area (Å²) in [6.45, 7) is 3.02. The van der Waals surface area contributed by atoms with Crippen LogP contribution in [0.5, 0.6) is 11.5 Å². The molecule has 3 aromatic rings. The number of benzene rings is 2. The molecule has 1 heterocycles. The average molecular weight is 377 g/mol. The van der Waals surface area contributed by atoms with Crippen molar-refractivity contribution in [3.05, 3.63) is 78.1 Å². The van der Waals surface area contributed by atoms with Gasteiger partial charge in [-0.15, -0.1) is 0 Å². The molecule has 1 amide bonds. The summed E-state index contributed by atoms with van der Waals surface area (Å²) >= 11 is 0. The van der Waals surface area contributed by atoms with Crippen LogP contribution in [0.1, 0.15) is 23.0 Å². The van der Waals surface area contributed by atoms with Crippen LogP contribution in [0.3, 0.4) is 0 Å². The Labute approximate surface area is 164 Å². The predicted octanol–water partition coefficient (Wildman–Crippen LogP) is 4.16. The SMILES string of the molecule is CCOc1ccc(Nc2ccc(C(=O)NCc3ccc(OC)cc3)nc2)cc1. The predicted molar refractivity (Wildman–Crippen MR) is 109 cm³/mol. The quantitative estimate of drug-likeness (QED) is 0.617. The van der Waals surface area contributed by atoms with Crippen molar-refractivity contribution in [2.45, 2.75) is 13.5 Å². The molecule has 0 fully saturated rings. The van der Waals surface area contributed by atoms with E-state index in [4.69, 9.17) is 9.47 Å². The van der Waals surface area contributed by atoms with E-state index < -0.39 is 0 Å². The molecule has 3 rings (SSSR count). The Morgan fingerprint density at radius 1 is 0.929 bits per heavy atom. The lowest BCUT2D eigenvalue weighted by Crippen LogP contribution is -2.23. The van der Waals surface area contributed by atoms with Crippen molar-refractivity contribution in [3.8, 4) is 11.5 Å². The minimum Gasteiger partial charge on any atom is -0.497 e. The number of aromatic nitrogens is 1. The fourth-order valence-corrected chi connectivity index (χ4v) is 2.59. The first-order valence-electron chi connectivity index (χ1n) is 9.05. The van der Waals surface area contributed by atoms with Gasteiger partial charge in [0.05, 0.1) is 25.6 Å². The fraction of sp³-hybridized carbons (Fsp3) is 0.182. The molecular weight excluding hydrogens is 354 g/mol. The summed E-state index contributed by atoms with van der Waals surface area (Å²) in [5, 5.41) is 6.11. The second kappa shape index (κ2) is 9.41. The van der Waals surface area contributed by atoms with E-state index in [1.165, 1.54) is 0 Å². The van der Waals surface area contributed by atoms with Crippen molar-refractivity contribution in [2.24, 2.45) is 0 Å². The van der Waals surface area contributed by atoms with Crippen LogP contribution in [0.2, 0.25) is 0 Å². The Balaban J connectivity index is 1.54. The molecule has 0 radical (unpaired) electrons. The van der Waals surface area contributed by atoms with Gasteiger partial charge in [-0.1, -0.05) is 12.1 Å². The number of carbonyl (C=O) groups is 1. The molecule has 0 unspecified atom stereocenters. The van der Waals surface area contributed by atoms with Gasteiger partial charge < -0.3 is 20.1 Å². The van der Waals surface area contributed by atoms with Gasteiger partial charge in [0.25, 0.3) is 5.91 Å². The second-order valence-corrected chi connectivity index (χ2v) is 6.05. The molecule has 0 aliphatic rings. The van der Waals surface area contributed by atoms with E-state index in [-0.39, 0.29) is 5.91 Å². The minimum absolute atomic E-state index is 0.219. The molecule has 0 bridgehead atoms. The van der Waals surface area contributed by atoms with E-state index in [0.29, 0.717) is 18.8 Å². The zero-order valence-corrected chi connectivity index (χ0v) is 15.9. The van der Waals surface area contributed by atoms with E-state index in [0.717, 1.165) is 28.4 Å². The van der Waals surface area contributed by atoms with Crippen molar-refractivity contribution >= 4 is 17.3 Å². The van der Waals surface area contributed by atoms with Crippen LogP contribution in [0.25, 0.3) is 0 Å². The summed E-state index contributed by atoms with van der Waals surface area (Å²) in [4.78, 5) is 16.5. The summed E-state index contributed by atoms with van der Waals surface area (Å²) in [6, 6.07) is 18.7. The molecule has 0 atom stereocenters. The van der Waals surface area contributed by atoms with Gasteiger partial charge in [-0.2, -0.15) is 0 Å². The van der Waals surface area contributed by atoms with Gasteiger partial charge in [0.2, 0.25) is 0 Å². The standard InChI is InChI=1S/C22H23N3O3/c1-3-28-20-11-6-17(7-12-20)25-18-8-13-21(23-15-18)22(26)24-14-16-4-9-19(27-2)10-5-16/h4-13,15,25H,3,14H2,1-2H3,(H,24,26). The lowest BCUT2D eigenvalue weighted by atomic mass is 10.2. The molecule has 6 nitrogen and oxygen atoms in total. The maximum Gasteiger partial charge on any atom is 0.270 e. The highest BCUT2D eigenvalue weighted by Crippen LogP contribution is 2.20. The normalized spacial score (nSPS) is 10.2. The van der Waals surface area contributed by atoms with E-state index in [1.807, 2.05) is 61.5 Å². The van der Waals surface area contributed by atoms with Crippen molar-refractivity contribution in [3.63, 3.8) is 0 Å². The number of pyridine rings is 1. The Kier molecular flexibility index (Phi) is 6.46. The molecule has 2 aromatic carbocycles. The first kappa shape index (κ1) is 19.2. The highest BCUT2D eigenvalue weighted by atomic mass is 16.5. The number of ether oxygens (including phenoxy) is 2. The summed E-state index contributed by atoms with van der Waals surface area (Å²) in [7, 11) is 1.62. The van der Waals surface area contributed by atoms with Gasteiger partial charge in [-0.05, 0) is 61.0 Å². The number of carbonyl (C=O) groups excluding carboxylic acids is 1. The Bertz CT molecular complexity index is 892. The average Bonchev–Trinajstić information content (AvgIpc) is 2.74. The summed E-state index contributed by atoms with van der Waals surface area (Å²) < 4.78 is 10.6. The highest BCUT2D eigenvalue weighted by Gasteiger charge is 2.07. The molecule has 6 heteroatoms. The van der Waals surface area contributed by atoms with Crippen molar-refractivity contribution < 1.29 is 14.3 Å². The Morgan fingerprint density at radius 3 is 2.21 bits per heavy atom. The molecule has 0 aliphatic heterocycles. The lowest BCUT2D eigenvalue weighted by Gasteiger charge is -2.09. The lowest BCUT2D eigenvalue weighted by molar-refractivity contribution is 0.0946. The number of hydrogen-bond donors (Lipinski definition) is 2. The molecule has 0 spiro atoms. The number of amides is 1. The molecular formula is C22H23N3O3. The van der Waals surface area contributed by atoms with E-state index in [2.05, 4.69) is 15.6 Å². The van der Waals surface area contributed by atoms with Gasteiger partial charge in [-0.3, -0.25) is 4.79 Å². The van der Waals surface area contributed by atoms with Crippen LogP contribution in [-0.2, 0) is 6.54 Å². The number of anilines is 2. The number of rotatable bonds is 8. The van der Waals surface area contributed by atoms with Crippen molar-refractivity contribution in [1.29, 1.82) is 0 Å². The van der Waals surface area contributed by atoms with Crippen LogP contribution in [-0.4, -0.2) is 24.6 Å². The first-order valence-corrected chi connectivity index (χ1v) is 9.05. The molecule has 0 aliphatic carbocycles. The molecule has 0 saturated heterocycles. The third-order valence-corrected chi connectivity index (χ3v) is 4.06. The van der Waals surface area contributed by atoms with Crippen molar-refractivity contribution in [2.75, 3.05) is 19.0 Å². The van der Waals surface area contributed by atoms with E-state index >= 15 is 0 Å². The van der Waals surface area contributed by atoms with Crippen LogP contribution in [0.4, 0.5) is 11.4 Å². The Hall–Kier alpha value is -3.54. The maximum atomic E-state index is 12.3. The highest BCUT2D eigenvalue weighted by molar-refractivity contribution is 5.92. The third-order valence-electron chi connectivity index (χ3n) is 4.06. The van der Waals surface area contributed by atoms with Gasteiger partial charge in [0.15, 0.2) is 0 Å². The Morgan fingerprint density at radius 2 is 1.61 bits per heavy atom. The molecule has 2 N–H and O–H groups in total. The van der Waals surface area contributed by atoms with Gasteiger partial charge >= 0.3 is 0 Å². The number of hydrogen-bond acceptors (Lipinski definition) is 5. The monoisotopic (exact) mass is 377 g/mol. The van der Waals surface area contributed by atoms with E-state index in [9.17, 15) is 4.79 Å². The largest absolute Gasteiger partial charge is 0.497 e. The van der Waals surface area contributed by atoms with Crippen LogP contribution in [0, 0.1) is 0 Å². The molecule has 1 aromatic heterocycles. The van der Waals surface area contributed by atoms with Crippen LogP contribution < -0.4 is 20.1 Å². The summed E-state index contributed by atoms with van der Waals surface area (Å²) in [5.41, 5.74) is 3.08. The number of methoxy groups -OCH3 is 1. The van der Waals surface area contributed by atoms with Crippen LogP contribution >= 0.6 is 0 Å².